The molecule has 6 nitrogen and oxygen atoms in total. The van der Waals surface area contributed by atoms with Gasteiger partial charge in [0.05, 0.1) is 5.41 Å². The van der Waals surface area contributed by atoms with Crippen molar-refractivity contribution in [1.29, 1.82) is 0 Å². The number of carbonyl (C=O) groups is 2. The first-order valence-electron chi connectivity index (χ1n) is 9.27. The third kappa shape index (κ3) is 3.44. The molecular weight excluding hydrogens is 318 g/mol. The minimum atomic E-state index is -0.407. The van der Waals surface area contributed by atoms with Gasteiger partial charge in [-0.05, 0) is 24.7 Å². The fourth-order valence-electron chi connectivity index (χ4n) is 4.15. The second-order valence-corrected chi connectivity index (χ2v) is 8.63. The molecule has 0 bridgehead atoms. The summed E-state index contributed by atoms with van der Waals surface area (Å²) in [6.45, 7) is 11.1. The second-order valence-electron chi connectivity index (χ2n) is 8.63. The Morgan fingerprint density at radius 2 is 2.08 bits per heavy atom. The minimum Gasteiger partial charge on any atom is -0.448 e. The standard InChI is InChI=1S/C19H29N3O3/c1-5-14-15(20-13-25-14)16(23)21-10-8-19(12-21)7-6-9-22(17(19)24)11-18(2,3)4/h13H,5-12H2,1-4H3/t19-/m1/s1. The van der Waals surface area contributed by atoms with Crippen LogP contribution in [0.2, 0.25) is 0 Å². The zero-order chi connectivity index (χ0) is 18.2. The van der Waals surface area contributed by atoms with Gasteiger partial charge in [0.25, 0.3) is 5.91 Å². The van der Waals surface area contributed by atoms with Crippen LogP contribution >= 0.6 is 0 Å². The number of likely N-dealkylation sites (tertiary alicyclic amines) is 2. The molecule has 2 amide bonds. The molecule has 25 heavy (non-hydrogen) atoms. The lowest BCUT2D eigenvalue weighted by molar-refractivity contribution is -0.146. The Hall–Kier alpha value is -1.85. The lowest BCUT2D eigenvalue weighted by Crippen LogP contribution is -2.52. The second kappa shape index (κ2) is 6.46. The summed E-state index contributed by atoms with van der Waals surface area (Å²) in [6.07, 6.45) is 4.59. The summed E-state index contributed by atoms with van der Waals surface area (Å²) >= 11 is 0. The lowest BCUT2D eigenvalue weighted by atomic mass is 9.77. The quantitative estimate of drug-likeness (QED) is 0.843. The van der Waals surface area contributed by atoms with Crippen LogP contribution in [-0.2, 0) is 11.2 Å². The van der Waals surface area contributed by atoms with Gasteiger partial charge < -0.3 is 14.2 Å². The maximum atomic E-state index is 13.2. The molecule has 2 fully saturated rings. The highest BCUT2D eigenvalue weighted by Crippen LogP contribution is 2.41. The van der Waals surface area contributed by atoms with Gasteiger partial charge in [0.15, 0.2) is 12.1 Å². The minimum absolute atomic E-state index is 0.0824. The summed E-state index contributed by atoms with van der Waals surface area (Å²) in [6, 6.07) is 0. The maximum Gasteiger partial charge on any atom is 0.276 e. The van der Waals surface area contributed by atoms with E-state index in [9.17, 15) is 9.59 Å². The molecule has 0 N–H and O–H groups in total. The summed E-state index contributed by atoms with van der Waals surface area (Å²) in [5, 5.41) is 0. The molecule has 1 spiro atoms. The summed E-state index contributed by atoms with van der Waals surface area (Å²) in [4.78, 5) is 33.9. The van der Waals surface area contributed by atoms with Gasteiger partial charge in [0.2, 0.25) is 5.91 Å². The number of hydrogen-bond donors (Lipinski definition) is 0. The molecule has 0 saturated carbocycles. The number of aromatic nitrogens is 1. The molecule has 0 aliphatic carbocycles. The van der Waals surface area contributed by atoms with Crippen LogP contribution in [0, 0.1) is 10.8 Å². The molecule has 0 radical (unpaired) electrons. The fraction of sp³-hybridized carbons (Fsp3) is 0.737. The zero-order valence-electron chi connectivity index (χ0n) is 15.8. The SMILES string of the molecule is CCc1ocnc1C(=O)N1CC[C@]2(CCCN(CC(C)(C)C)C2=O)C1. The molecule has 3 heterocycles. The zero-order valence-corrected chi connectivity index (χ0v) is 15.8. The van der Waals surface area contributed by atoms with E-state index in [0.29, 0.717) is 31.0 Å². The van der Waals surface area contributed by atoms with Gasteiger partial charge >= 0.3 is 0 Å². The number of piperidine rings is 1. The highest BCUT2D eigenvalue weighted by atomic mass is 16.3. The van der Waals surface area contributed by atoms with Crippen LogP contribution < -0.4 is 0 Å². The smallest absolute Gasteiger partial charge is 0.276 e. The molecule has 1 atom stereocenters. The Labute approximate surface area is 149 Å². The van der Waals surface area contributed by atoms with E-state index in [-0.39, 0.29) is 17.2 Å². The average molecular weight is 347 g/mol. The molecule has 1 aromatic heterocycles. The van der Waals surface area contributed by atoms with Crippen molar-refractivity contribution >= 4 is 11.8 Å². The molecule has 6 heteroatoms. The number of rotatable bonds is 3. The summed E-state index contributed by atoms with van der Waals surface area (Å²) in [5.41, 5.74) is 0.0725. The molecular formula is C19H29N3O3. The topological polar surface area (TPSA) is 66.7 Å². The van der Waals surface area contributed by atoms with Crippen molar-refractivity contribution in [1.82, 2.24) is 14.8 Å². The number of nitrogens with zero attached hydrogens (tertiary/aromatic N) is 3. The molecule has 0 unspecified atom stereocenters. The molecule has 3 rings (SSSR count). The van der Waals surface area contributed by atoms with E-state index < -0.39 is 5.41 Å². The van der Waals surface area contributed by atoms with Crippen LogP contribution in [0.3, 0.4) is 0 Å². The normalized spacial score (nSPS) is 24.4. The van der Waals surface area contributed by atoms with E-state index >= 15 is 0 Å². The van der Waals surface area contributed by atoms with Gasteiger partial charge in [-0.25, -0.2) is 4.98 Å². The number of oxazole rings is 1. The van der Waals surface area contributed by atoms with Gasteiger partial charge in [-0.2, -0.15) is 0 Å². The van der Waals surface area contributed by atoms with Crippen molar-refractivity contribution in [2.24, 2.45) is 10.8 Å². The first-order chi connectivity index (χ1) is 11.8. The first kappa shape index (κ1) is 18.0. The van der Waals surface area contributed by atoms with Crippen LogP contribution in [0.25, 0.3) is 0 Å². The maximum absolute atomic E-state index is 13.2. The van der Waals surface area contributed by atoms with Gasteiger partial charge in [0, 0.05) is 32.6 Å². The van der Waals surface area contributed by atoms with E-state index in [1.807, 2.05) is 11.8 Å². The van der Waals surface area contributed by atoms with Crippen LogP contribution in [0.15, 0.2) is 10.8 Å². The Morgan fingerprint density at radius 3 is 2.76 bits per heavy atom. The van der Waals surface area contributed by atoms with Crippen LogP contribution in [0.5, 0.6) is 0 Å². The molecule has 2 saturated heterocycles. The largest absolute Gasteiger partial charge is 0.448 e. The van der Waals surface area contributed by atoms with Gasteiger partial charge in [-0.1, -0.05) is 27.7 Å². The Kier molecular flexibility index (Phi) is 4.64. The van der Waals surface area contributed by atoms with E-state index in [4.69, 9.17) is 4.42 Å². The average Bonchev–Trinajstić information content (AvgIpc) is 3.18. The first-order valence-corrected chi connectivity index (χ1v) is 9.27. The van der Waals surface area contributed by atoms with Crippen LogP contribution in [-0.4, -0.2) is 52.8 Å². The molecule has 138 valence electrons. The van der Waals surface area contributed by atoms with E-state index in [0.717, 1.165) is 32.4 Å². The summed E-state index contributed by atoms with van der Waals surface area (Å²) in [5.74, 6) is 0.735. The van der Waals surface area contributed by atoms with Crippen LogP contribution in [0.4, 0.5) is 0 Å². The Balaban J connectivity index is 1.74. The lowest BCUT2D eigenvalue weighted by Gasteiger charge is -2.41. The van der Waals surface area contributed by atoms with Crippen molar-refractivity contribution in [2.75, 3.05) is 26.2 Å². The molecule has 1 aromatic rings. The number of amides is 2. The van der Waals surface area contributed by atoms with Crippen molar-refractivity contribution in [3.8, 4) is 0 Å². The van der Waals surface area contributed by atoms with Gasteiger partial charge in [-0.3, -0.25) is 9.59 Å². The third-order valence-corrected chi connectivity index (χ3v) is 5.30. The monoisotopic (exact) mass is 347 g/mol. The molecule has 2 aliphatic rings. The number of hydrogen-bond acceptors (Lipinski definition) is 4. The third-order valence-electron chi connectivity index (χ3n) is 5.30. The van der Waals surface area contributed by atoms with Crippen molar-refractivity contribution < 1.29 is 14.0 Å². The predicted octanol–water partition coefficient (Wildman–Crippen LogP) is 2.74. The molecule has 0 aromatic carbocycles. The summed E-state index contributed by atoms with van der Waals surface area (Å²) in [7, 11) is 0. The van der Waals surface area contributed by atoms with Crippen molar-refractivity contribution in [3.63, 3.8) is 0 Å². The molecule has 2 aliphatic heterocycles. The van der Waals surface area contributed by atoms with Gasteiger partial charge in [-0.15, -0.1) is 0 Å². The number of carbonyl (C=O) groups excluding carboxylic acids is 2. The summed E-state index contributed by atoms with van der Waals surface area (Å²) < 4.78 is 5.29. The highest BCUT2D eigenvalue weighted by molar-refractivity contribution is 5.94. The van der Waals surface area contributed by atoms with Crippen molar-refractivity contribution in [3.05, 3.63) is 17.8 Å². The van der Waals surface area contributed by atoms with E-state index in [1.165, 1.54) is 6.39 Å². The van der Waals surface area contributed by atoms with E-state index in [1.54, 1.807) is 4.90 Å². The Morgan fingerprint density at radius 1 is 1.32 bits per heavy atom. The Bertz CT molecular complexity index is 661. The highest BCUT2D eigenvalue weighted by Gasteiger charge is 2.50. The number of aryl methyl sites for hydroxylation is 1. The van der Waals surface area contributed by atoms with E-state index in [2.05, 4.69) is 25.8 Å². The fourth-order valence-corrected chi connectivity index (χ4v) is 4.15. The van der Waals surface area contributed by atoms with Crippen molar-refractivity contribution in [2.45, 2.75) is 53.4 Å². The predicted molar refractivity (Wildman–Crippen MR) is 94.1 cm³/mol. The van der Waals surface area contributed by atoms with Gasteiger partial charge in [0.1, 0.15) is 5.76 Å². The van der Waals surface area contributed by atoms with Crippen LogP contribution in [0.1, 0.15) is 63.2 Å².